The second-order valence-corrected chi connectivity index (χ2v) is 9.67. The van der Waals surface area contributed by atoms with Crippen molar-refractivity contribution in [2.45, 2.75) is 6.04 Å². The van der Waals surface area contributed by atoms with Crippen LogP contribution in [0.2, 0.25) is 0 Å². The van der Waals surface area contributed by atoms with Crippen molar-refractivity contribution in [2.75, 3.05) is 38.2 Å². The molecule has 3 aromatic heterocycles. The summed E-state index contributed by atoms with van der Waals surface area (Å²) < 4.78 is 26.4. The van der Waals surface area contributed by atoms with Gasteiger partial charge < -0.3 is 25.1 Å². The number of H-pyrrole nitrogens is 1. The Bertz CT molecular complexity index is 1640. The molecule has 9 nitrogen and oxygen atoms in total. The molecule has 41 heavy (non-hydrogen) atoms. The zero-order valence-electron chi connectivity index (χ0n) is 22.2. The Hall–Kier alpha value is -4.80. The van der Waals surface area contributed by atoms with E-state index in [-0.39, 0.29) is 17.7 Å². The highest BCUT2D eigenvalue weighted by Gasteiger charge is 2.22. The van der Waals surface area contributed by atoms with Crippen molar-refractivity contribution < 1.29 is 18.7 Å². The van der Waals surface area contributed by atoms with E-state index in [1.54, 1.807) is 42.9 Å². The first-order valence-corrected chi connectivity index (χ1v) is 13.4. The lowest BCUT2D eigenvalue weighted by Gasteiger charge is -2.31. The number of hydrogen-bond donors (Lipinski definition) is 3. The number of halogens is 1. The zero-order valence-corrected chi connectivity index (χ0v) is 22.2. The van der Waals surface area contributed by atoms with E-state index in [1.807, 2.05) is 36.4 Å². The highest BCUT2D eigenvalue weighted by Crippen LogP contribution is 2.32. The molecule has 0 radical (unpaired) electrons. The first-order chi connectivity index (χ1) is 20.1. The molecule has 4 heterocycles. The van der Waals surface area contributed by atoms with Crippen LogP contribution in [-0.2, 0) is 4.74 Å². The molecule has 1 aliphatic heterocycles. The first kappa shape index (κ1) is 26.4. The molecule has 10 heteroatoms. The Morgan fingerprint density at radius 2 is 1.85 bits per heavy atom. The Morgan fingerprint density at radius 1 is 1.00 bits per heavy atom. The van der Waals surface area contributed by atoms with Gasteiger partial charge in [-0.25, -0.2) is 14.4 Å². The second kappa shape index (κ2) is 12.2. The number of aromatic nitrogens is 3. The number of carbonyl (C=O) groups is 1. The molecule has 1 amide bonds. The van der Waals surface area contributed by atoms with E-state index in [0.717, 1.165) is 24.0 Å². The number of carbonyl (C=O) groups excluding carboxylic acids is 1. The predicted molar refractivity (Wildman–Crippen MR) is 154 cm³/mol. The Balaban J connectivity index is 1.19. The molecule has 2 aromatic carbocycles. The lowest BCUT2D eigenvalue weighted by Crippen LogP contribution is -2.43. The van der Waals surface area contributed by atoms with Crippen molar-refractivity contribution in [3.05, 3.63) is 108 Å². The predicted octanol–water partition coefficient (Wildman–Crippen LogP) is 5.44. The molecule has 1 aliphatic rings. The number of fused-ring (bicyclic) bond motifs is 1. The van der Waals surface area contributed by atoms with Gasteiger partial charge in [0.05, 0.1) is 30.2 Å². The van der Waals surface area contributed by atoms with Gasteiger partial charge in [-0.05, 0) is 42.0 Å². The second-order valence-electron chi connectivity index (χ2n) is 9.67. The number of hydrogen-bond acceptors (Lipinski definition) is 7. The van der Waals surface area contributed by atoms with Crippen LogP contribution in [0.4, 0.5) is 15.9 Å². The Labute approximate surface area is 236 Å². The van der Waals surface area contributed by atoms with Gasteiger partial charge in [0, 0.05) is 50.0 Å². The minimum atomic E-state index is -0.563. The fraction of sp³-hybridized carbons (Fsp3) is 0.194. The van der Waals surface area contributed by atoms with Gasteiger partial charge in [0.25, 0.3) is 5.91 Å². The van der Waals surface area contributed by atoms with Crippen LogP contribution in [-0.4, -0.2) is 58.6 Å². The summed E-state index contributed by atoms with van der Waals surface area (Å²) in [5.74, 6) is 0.0319. The van der Waals surface area contributed by atoms with E-state index >= 15 is 4.39 Å². The zero-order chi connectivity index (χ0) is 28.0. The average Bonchev–Trinajstić information content (AvgIpc) is 3.50. The molecule has 1 unspecified atom stereocenters. The number of pyridine rings is 2. The maximum absolute atomic E-state index is 15.1. The third-order valence-electron chi connectivity index (χ3n) is 6.94. The van der Waals surface area contributed by atoms with Crippen LogP contribution < -0.4 is 15.4 Å². The summed E-state index contributed by atoms with van der Waals surface area (Å²) in [5, 5.41) is 7.03. The van der Waals surface area contributed by atoms with Crippen molar-refractivity contribution in [3.8, 4) is 11.5 Å². The smallest absolute Gasteiger partial charge is 0.255 e. The van der Waals surface area contributed by atoms with Gasteiger partial charge in [-0.15, -0.1) is 0 Å². The van der Waals surface area contributed by atoms with Gasteiger partial charge in [-0.3, -0.25) is 9.69 Å². The molecular formula is C31H29FN6O3. The monoisotopic (exact) mass is 552 g/mol. The molecular weight excluding hydrogens is 523 g/mol. The highest BCUT2D eigenvalue weighted by atomic mass is 19.1. The van der Waals surface area contributed by atoms with E-state index in [9.17, 15) is 4.79 Å². The van der Waals surface area contributed by atoms with Crippen molar-refractivity contribution >= 4 is 28.4 Å². The van der Waals surface area contributed by atoms with Gasteiger partial charge in [0.15, 0.2) is 11.6 Å². The topological polar surface area (TPSA) is 104 Å². The fourth-order valence-corrected chi connectivity index (χ4v) is 4.83. The molecule has 208 valence electrons. The van der Waals surface area contributed by atoms with E-state index in [0.29, 0.717) is 48.2 Å². The van der Waals surface area contributed by atoms with Crippen molar-refractivity contribution in [1.29, 1.82) is 0 Å². The molecule has 1 fully saturated rings. The Morgan fingerprint density at radius 3 is 2.68 bits per heavy atom. The lowest BCUT2D eigenvalue weighted by atomic mass is 10.1. The third kappa shape index (κ3) is 6.19. The molecule has 5 aromatic rings. The largest absolute Gasteiger partial charge is 0.453 e. The van der Waals surface area contributed by atoms with Crippen LogP contribution in [0.15, 0.2) is 91.4 Å². The highest BCUT2D eigenvalue weighted by molar-refractivity contribution is 5.99. The van der Waals surface area contributed by atoms with Crippen molar-refractivity contribution in [3.63, 3.8) is 0 Å². The molecule has 1 saturated heterocycles. The summed E-state index contributed by atoms with van der Waals surface area (Å²) in [4.78, 5) is 27.4. The van der Waals surface area contributed by atoms with Gasteiger partial charge in [0.2, 0.25) is 0 Å². The minimum Gasteiger partial charge on any atom is -0.453 e. The van der Waals surface area contributed by atoms with E-state index < -0.39 is 5.82 Å². The number of nitrogens with zero attached hydrogens (tertiary/aromatic N) is 3. The van der Waals surface area contributed by atoms with E-state index in [1.165, 1.54) is 12.1 Å². The van der Waals surface area contributed by atoms with Crippen LogP contribution in [0.3, 0.4) is 0 Å². The SMILES string of the molecule is O=C(NC(CN1CCOCC1)c1ccccc1)c1cccnc1Nc1ccc(Oc2ccnc3[nH]ccc23)c(F)c1. The molecule has 0 bridgehead atoms. The molecule has 3 N–H and O–H groups in total. The normalized spacial score (nSPS) is 14.5. The number of rotatable bonds is 9. The van der Waals surface area contributed by atoms with Crippen LogP contribution in [0, 0.1) is 5.82 Å². The number of anilines is 2. The summed E-state index contributed by atoms with van der Waals surface area (Å²) >= 11 is 0. The average molecular weight is 553 g/mol. The maximum Gasteiger partial charge on any atom is 0.255 e. The van der Waals surface area contributed by atoms with Gasteiger partial charge in [-0.1, -0.05) is 30.3 Å². The number of aromatic amines is 1. The fourth-order valence-electron chi connectivity index (χ4n) is 4.83. The summed E-state index contributed by atoms with van der Waals surface area (Å²) in [6.45, 7) is 3.61. The minimum absolute atomic E-state index is 0.0667. The summed E-state index contributed by atoms with van der Waals surface area (Å²) in [5.41, 5.74) is 2.44. The van der Waals surface area contributed by atoms with Crippen molar-refractivity contribution in [1.82, 2.24) is 25.2 Å². The van der Waals surface area contributed by atoms with Gasteiger partial charge in [-0.2, -0.15) is 0 Å². The third-order valence-corrected chi connectivity index (χ3v) is 6.94. The first-order valence-electron chi connectivity index (χ1n) is 13.4. The lowest BCUT2D eigenvalue weighted by molar-refractivity contribution is 0.0332. The molecule has 1 atom stereocenters. The van der Waals surface area contributed by atoms with Crippen molar-refractivity contribution in [2.24, 2.45) is 0 Å². The van der Waals surface area contributed by atoms with Crippen LogP contribution in [0.5, 0.6) is 11.5 Å². The van der Waals surface area contributed by atoms with Crippen LogP contribution in [0.25, 0.3) is 11.0 Å². The summed E-state index contributed by atoms with van der Waals surface area (Å²) in [7, 11) is 0. The number of morpholine rings is 1. The molecule has 0 aliphatic carbocycles. The number of benzene rings is 2. The van der Waals surface area contributed by atoms with Gasteiger partial charge >= 0.3 is 0 Å². The standard InChI is InChI=1S/C31H29FN6O3/c32-25-19-22(8-9-28(25)41-27-11-14-35-29-23(27)10-13-34-29)36-30-24(7-4-12-33-30)31(39)37-26(21-5-2-1-3-6-21)20-38-15-17-40-18-16-38/h1-14,19,26H,15-18,20H2,(H,33,36)(H,34,35)(H,37,39). The number of amides is 1. The molecule has 0 saturated carbocycles. The van der Waals surface area contributed by atoms with Gasteiger partial charge in [0.1, 0.15) is 17.2 Å². The van der Waals surface area contributed by atoms with Crippen LogP contribution in [0.1, 0.15) is 22.0 Å². The Kier molecular flexibility index (Phi) is 7.83. The number of nitrogens with one attached hydrogen (secondary N) is 3. The maximum atomic E-state index is 15.1. The van der Waals surface area contributed by atoms with E-state index in [2.05, 4.69) is 30.5 Å². The summed E-state index contributed by atoms with van der Waals surface area (Å²) in [6, 6.07) is 21.1. The summed E-state index contributed by atoms with van der Waals surface area (Å²) in [6.07, 6.45) is 4.93. The van der Waals surface area contributed by atoms with Crippen LogP contribution >= 0.6 is 0 Å². The van der Waals surface area contributed by atoms with E-state index in [4.69, 9.17) is 9.47 Å². The quantitative estimate of drug-likeness (QED) is 0.224. The molecule has 0 spiro atoms. The molecule has 6 rings (SSSR count). The number of ether oxygens (including phenoxy) is 2.